The molecule has 1 aliphatic rings. The van der Waals surface area contributed by atoms with Gasteiger partial charge < -0.3 is 24.3 Å². The van der Waals surface area contributed by atoms with Crippen molar-refractivity contribution in [1.82, 2.24) is 15.0 Å². The average molecular weight is 409 g/mol. The Hall–Kier alpha value is -3.30. The smallest absolute Gasteiger partial charge is 0.188 e. The van der Waals surface area contributed by atoms with Gasteiger partial charge in [-0.1, -0.05) is 12.1 Å². The van der Waals surface area contributed by atoms with Crippen molar-refractivity contribution in [3.05, 3.63) is 42.1 Å². The van der Waals surface area contributed by atoms with E-state index in [4.69, 9.17) is 29.4 Å². The third-order valence-corrected chi connectivity index (χ3v) is 4.73. The average Bonchev–Trinajstić information content (AvgIpc) is 2.81. The second-order valence-corrected chi connectivity index (χ2v) is 6.76. The van der Waals surface area contributed by atoms with Crippen molar-refractivity contribution in [2.75, 3.05) is 45.1 Å². The molecule has 0 unspecified atom stereocenters. The van der Waals surface area contributed by atoms with Crippen LogP contribution in [0.5, 0.6) is 5.75 Å². The molecule has 9 nitrogen and oxygen atoms in total. The molecule has 1 saturated heterocycles. The molecular weight excluding hydrogens is 386 g/mol. The van der Waals surface area contributed by atoms with Gasteiger partial charge in [0.15, 0.2) is 18.4 Å². The summed E-state index contributed by atoms with van der Waals surface area (Å²) in [5.74, 6) is 2.04. The number of nitrogens with zero attached hydrogens (tertiary/aromatic N) is 5. The van der Waals surface area contributed by atoms with Crippen molar-refractivity contribution < 1.29 is 19.4 Å². The molecule has 1 N–H and O–H groups in total. The van der Waals surface area contributed by atoms with E-state index in [0.717, 1.165) is 41.1 Å². The Balaban J connectivity index is 1.80. The lowest BCUT2D eigenvalue weighted by Gasteiger charge is -2.28. The van der Waals surface area contributed by atoms with Gasteiger partial charge in [-0.15, -0.1) is 5.16 Å². The molecule has 30 heavy (non-hydrogen) atoms. The molecule has 2 aromatic heterocycles. The summed E-state index contributed by atoms with van der Waals surface area (Å²) in [7, 11) is 1.58. The summed E-state index contributed by atoms with van der Waals surface area (Å²) in [6.45, 7) is 2.94. The van der Waals surface area contributed by atoms with Gasteiger partial charge in [-0.3, -0.25) is 4.98 Å². The van der Waals surface area contributed by atoms with E-state index in [2.05, 4.69) is 15.0 Å². The van der Waals surface area contributed by atoms with Crippen LogP contribution in [0.2, 0.25) is 0 Å². The first kappa shape index (κ1) is 20.0. The highest BCUT2D eigenvalue weighted by Gasteiger charge is 2.19. The second kappa shape index (κ2) is 9.47. The molecular formula is C21H23N5O4. The van der Waals surface area contributed by atoms with Gasteiger partial charge in [0.25, 0.3) is 0 Å². The van der Waals surface area contributed by atoms with E-state index >= 15 is 0 Å². The van der Waals surface area contributed by atoms with Crippen LogP contribution in [0.15, 0.2) is 41.7 Å². The number of fused-ring (bicyclic) bond motifs is 1. The van der Waals surface area contributed by atoms with Crippen molar-refractivity contribution in [1.29, 1.82) is 0 Å². The molecule has 3 aromatic rings. The van der Waals surface area contributed by atoms with E-state index in [1.54, 1.807) is 13.3 Å². The first-order valence-electron chi connectivity index (χ1n) is 9.66. The number of anilines is 1. The van der Waals surface area contributed by atoms with Gasteiger partial charge in [-0.25, -0.2) is 9.97 Å². The minimum absolute atomic E-state index is 0.167. The zero-order valence-corrected chi connectivity index (χ0v) is 16.7. The molecule has 4 rings (SSSR count). The topological polar surface area (TPSA) is 102 Å². The highest BCUT2D eigenvalue weighted by molar-refractivity contribution is 5.88. The largest absolute Gasteiger partial charge is 0.468 e. The van der Waals surface area contributed by atoms with Gasteiger partial charge in [0.2, 0.25) is 0 Å². The van der Waals surface area contributed by atoms with Crippen molar-refractivity contribution in [3.8, 4) is 17.1 Å². The Bertz CT molecular complexity index is 1040. The lowest BCUT2D eigenvalue weighted by atomic mass is 10.1. The molecule has 156 valence electrons. The van der Waals surface area contributed by atoms with E-state index in [0.29, 0.717) is 31.2 Å². The Labute approximate surface area is 173 Å². The number of morpholine rings is 1. The molecule has 0 atom stereocenters. The van der Waals surface area contributed by atoms with E-state index in [9.17, 15) is 0 Å². The lowest BCUT2D eigenvalue weighted by Crippen LogP contribution is -2.37. The van der Waals surface area contributed by atoms with Gasteiger partial charge in [0.1, 0.15) is 11.3 Å². The number of hydrogen-bond acceptors (Lipinski definition) is 9. The van der Waals surface area contributed by atoms with Gasteiger partial charge >= 0.3 is 0 Å². The van der Waals surface area contributed by atoms with E-state index in [1.807, 2.05) is 30.3 Å². The van der Waals surface area contributed by atoms with Crippen LogP contribution in [-0.4, -0.2) is 66.6 Å². The molecule has 3 heterocycles. The maximum Gasteiger partial charge on any atom is 0.188 e. The quantitative estimate of drug-likeness (QED) is 0.275. The van der Waals surface area contributed by atoms with Gasteiger partial charge in [0.05, 0.1) is 18.7 Å². The number of methoxy groups -OCH3 is 1. The first-order chi connectivity index (χ1) is 14.8. The van der Waals surface area contributed by atoms with Crippen LogP contribution in [-0.2, 0) is 15.9 Å². The highest BCUT2D eigenvalue weighted by Crippen LogP contribution is 2.29. The lowest BCUT2D eigenvalue weighted by molar-refractivity contribution is 0.0511. The number of oxime groups is 1. The number of aromatic nitrogens is 3. The predicted octanol–water partition coefficient (Wildman–Crippen LogP) is 2.51. The van der Waals surface area contributed by atoms with Crippen LogP contribution in [0.3, 0.4) is 0 Å². The molecule has 0 spiro atoms. The third-order valence-electron chi connectivity index (χ3n) is 4.73. The zero-order chi connectivity index (χ0) is 20.8. The van der Waals surface area contributed by atoms with Crippen molar-refractivity contribution in [2.45, 2.75) is 6.42 Å². The molecule has 1 aliphatic heterocycles. The standard InChI is InChI=1S/C21H23N5O4/c1-28-14-30-17-4-2-3-16(12-17)20-24-18-11-15(5-6-23-27)13-22-19(18)21(25-20)26-7-9-29-10-8-26/h2-4,6,11-13,27H,5,7-10,14H2,1H3. The normalized spacial score (nSPS) is 14.5. The summed E-state index contributed by atoms with van der Waals surface area (Å²) in [6.07, 6.45) is 3.65. The van der Waals surface area contributed by atoms with Crippen LogP contribution < -0.4 is 9.64 Å². The van der Waals surface area contributed by atoms with E-state index in [1.165, 1.54) is 6.21 Å². The summed E-state index contributed by atoms with van der Waals surface area (Å²) in [4.78, 5) is 16.4. The van der Waals surface area contributed by atoms with Crippen LogP contribution in [0, 0.1) is 0 Å². The Morgan fingerprint density at radius 2 is 2.10 bits per heavy atom. The third kappa shape index (κ3) is 4.47. The molecule has 0 radical (unpaired) electrons. The Morgan fingerprint density at radius 1 is 1.23 bits per heavy atom. The van der Waals surface area contributed by atoms with Crippen molar-refractivity contribution in [3.63, 3.8) is 0 Å². The SMILES string of the molecule is COCOc1cccc(-c2nc(N3CCOCC3)c3ncc(CC=NO)cc3n2)c1. The first-order valence-corrected chi connectivity index (χ1v) is 9.66. The van der Waals surface area contributed by atoms with Gasteiger partial charge in [0, 0.05) is 44.6 Å². The molecule has 0 saturated carbocycles. The fourth-order valence-corrected chi connectivity index (χ4v) is 3.28. The molecule has 1 aromatic carbocycles. The summed E-state index contributed by atoms with van der Waals surface area (Å²) >= 11 is 0. The van der Waals surface area contributed by atoms with E-state index in [-0.39, 0.29) is 6.79 Å². The van der Waals surface area contributed by atoms with Crippen molar-refractivity contribution >= 4 is 23.1 Å². The van der Waals surface area contributed by atoms with Crippen LogP contribution in [0.1, 0.15) is 5.56 Å². The van der Waals surface area contributed by atoms with Crippen LogP contribution in [0.4, 0.5) is 5.82 Å². The number of rotatable bonds is 7. The summed E-state index contributed by atoms with van der Waals surface area (Å²) < 4.78 is 16.0. The predicted molar refractivity (Wildman–Crippen MR) is 112 cm³/mol. The molecule has 0 amide bonds. The fourth-order valence-electron chi connectivity index (χ4n) is 3.28. The Kier molecular flexibility index (Phi) is 6.31. The molecule has 0 bridgehead atoms. The Morgan fingerprint density at radius 3 is 2.90 bits per heavy atom. The minimum Gasteiger partial charge on any atom is -0.468 e. The summed E-state index contributed by atoms with van der Waals surface area (Å²) in [5.41, 5.74) is 3.20. The fraction of sp³-hybridized carbons (Fsp3) is 0.333. The maximum absolute atomic E-state index is 8.72. The monoisotopic (exact) mass is 409 g/mol. The highest BCUT2D eigenvalue weighted by atomic mass is 16.7. The van der Waals surface area contributed by atoms with Gasteiger partial charge in [-0.2, -0.15) is 0 Å². The number of hydrogen-bond donors (Lipinski definition) is 1. The van der Waals surface area contributed by atoms with Crippen LogP contribution in [0.25, 0.3) is 22.4 Å². The summed E-state index contributed by atoms with van der Waals surface area (Å²) in [6, 6.07) is 9.54. The van der Waals surface area contributed by atoms with Crippen LogP contribution >= 0.6 is 0 Å². The second-order valence-electron chi connectivity index (χ2n) is 6.76. The summed E-state index contributed by atoms with van der Waals surface area (Å²) in [5, 5.41) is 11.8. The molecule has 1 fully saturated rings. The van der Waals surface area contributed by atoms with Crippen molar-refractivity contribution in [2.24, 2.45) is 5.16 Å². The van der Waals surface area contributed by atoms with E-state index < -0.39 is 0 Å². The maximum atomic E-state index is 8.72. The van der Waals surface area contributed by atoms with Gasteiger partial charge in [-0.05, 0) is 23.8 Å². The molecule has 9 heteroatoms. The minimum atomic E-state index is 0.167. The molecule has 0 aliphatic carbocycles. The number of pyridine rings is 1. The number of ether oxygens (including phenoxy) is 3. The zero-order valence-electron chi connectivity index (χ0n) is 16.7. The number of benzene rings is 1.